The van der Waals surface area contributed by atoms with Gasteiger partial charge in [0.15, 0.2) is 13.2 Å². The zero-order chi connectivity index (χ0) is 34.0. The summed E-state index contributed by atoms with van der Waals surface area (Å²) >= 11 is 0. The Labute approximate surface area is 271 Å². The van der Waals surface area contributed by atoms with Crippen molar-refractivity contribution in [2.24, 2.45) is 0 Å². The van der Waals surface area contributed by atoms with Crippen LogP contribution in [0.1, 0.15) is 59.8 Å². The number of nitrogens with zero attached hydrogens (tertiary/aromatic N) is 2. The molecular weight excluding hydrogens is 628 g/mol. The van der Waals surface area contributed by atoms with E-state index in [0.29, 0.717) is 11.1 Å². The van der Waals surface area contributed by atoms with Crippen LogP contribution in [0.25, 0.3) is 0 Å². The Morgan fingerprint density at radius 3 is 1.33 bits per heavy atom. The van der Waals surface area contributed by atoms with Crippen molar-refractivity contribution in [3.63, 3.8) is 0 Å². The van der Waals surface area contributed by atoms with E-state index in [-0.39, 0.29) is 34.0 Å². The van der Waals surface area contributed by atoms with E-state index in [1.165, 1.54) is 24.3 Å². The van der Waals surface area contributed by atoms with E-state index in [0.717, 1.165) is 23.6 Å². The summed E-state index contributed by atoms with van der Waals surface area (Å²) < 4.78 is 20.9. The summed E-state index contributed by atoms with van der Waals surface area (Å²) in [6.07, 6.45) is 0. The van der Waals surface area contributed by atoms with Gasteiger partial charge in [0, 0.05) is 25.0 Å². The van der Waals surface area contributed by atoms with Gasteiger partial charge in [0.25, 0.3) is 11.8 Å². The van der Waals surface area contributed by atoms with Crippen LogP contribution >= 0.6 is 0 Å². The fraction of sp³-hybridized carbons (Fsp3) is 0.235. The lowest BCUT2D eigenvalue weighted by atomic mass is 9.80. The summed E-state index contributed by atoms with van der Waals surface area (Å²) in [5, 5.41) is 0. The van der Waals surface area contributed by atoms with Crippen molar-refractivity contribution in [3.8, 4) is 11.5 Å². The van der Waals surface area contributed by atoms with Crippen LogP contribution < -0.4 is 19.3 Å². The van der Waals surface area contributed by atoms with E-state index in [1.54, 1.807) is 36.4 Å². The van der Waals surface area contributed by atoms with Crippen molar-refractivity contribution < 1.29 is 57.3 Å². The molecule has 3 aromatic carbocycles. The molecule has 48 heavy (non-hydrogen) atoms. The predicted octanol–water partition coefficient (Wildman–Crippen LogP) is 2.13. The third kappa shape index (κ3) is 4.63. The van der Waals surface area contributed by atoms with Gasteiger partial charge in [-0.25, -0.2) is 9.80 Å². The number of hydrogen-bond acceptors (Lipinski definition) is 12. The molecule has 4 aliphatic heterocycles. The first-order chi connectivity index (χ1) is 23.0. The average molecular weight is 653 g/mol. The fourth-order valence-electron chi connectivity index (χ4n) is 6.79. The van der Waals surface area contributed by atoms with Gasteiger partial charge in [-0.2, -0.15) is 0 Å². The molecule has 4 amide bonds. The molecule has 4 aliphatic rings. The van der Waals surface area contributed by atoms with E-state index in [2.05, 4.69) is 0 Å². The molecule has 14 nitrogen and oxygen atoms in total. The standard InChI is InChI=1S/C34H24N2O12/c1-15(37)45-13-25(39)35-21-9-5-3-7-17(21)27(31(35)41)29-19-11-24-20(12-23(19)47-33(29)43)30(34(44)48-24)28-18-8-4-6-10-22(18)36(32(28)42)26(40)14-46-16(2)38/h3-12,27-30H,13-14H2,1-2H3. The lowest BCUT2D eigenvalue weighted by Crippen LogP contribution is -2.39. The number of carbonyl (C=O) groups excluding carboxylic acids is 8. The van der Waals surface area contributed by atoms with Gasteiger partial charge in [-0.3, -0.25) is 38.4 Å². The maximum absolute atomic E-state index is 13.8. The van der Waals surface area contributed by atoms with Gasteiger partial charge < -0.3 is 18.9 Å². The van der Waals surface area contributed by atoms with Crippen molar-refractivity contribution >= 4 is 58.9 Å². The number of ether oxygens (including phenoxy) is 4. The highest BCUT2D eigenvalue weighted by Crippen LogP contribution is 2.55. The van der Waals surface area contributed by atoms with E-state index in [9.17, 15) is 38.4 Å². The second kappa shape index (κ2) is 11.3. The van der Waals surface area contributed by atoms with Crippen LogP contribution in [0.5, 0.6) is 11.5 Å². The highest BCUT2D eigenvalue weighted by atomic mass is 16.6. The van der Waals surface area contributed by atoms with Gasteiger partial charge in [-0.05, 0) is 35.4 Å². The molecule has 0 saturated heterocycles. The first kappa shape index (κ1) is 30.5. The van der Waals surface area contributed by atoms with Crippen molar-refractivity contribution in [2.45, 2.75) is 37.5 Å². The molecule has 7 rings (SSSR count). The molecule has 3 aromatic rings. The SMILES string of the molecule is CC(=O)OCC(=O)N1C(=O)C(C2C(=O)Oc3cc4c(cc32)OC(=O)C4C2C(=O)N(C(=O)COC(C)=O)c3ccccc32)c2ccccc21. The summed E-state index contributed by atoms with van der Waals surface area (Å²) in [6, 6.07) is 15.6. The summed E-state index contributed by atoms with van der Waals surface area (Å²) in [5.41, 5.74) is 1.65. The average Bonchev–Trinajstić information content (AvgIpc) is 3.72. The highest BCUT2D eigenvalue weighted by Gasteiger charge is 2.54. The zero-order valence-corrected chi connectivity index (χ0v) is 25.3. The summed E-state index contributed by atoms with van der Waals surface area (Å²) in [6.45, 7) is 0.878. The van der Waals surface area contributed by atoms with Crippen LogP contribution in [0, 0.1) is 0 Å². The molecule has 0 saturated carbocycles. The molecule has 242 valence electrons. The quantitative estimate of drug-likeness (QED) is 0.280. The van der Waals surface area contributed by atoms with Gasteiger partial charge in [0.2, 0.25) is 11.8 Å². The Balaban J connectivity index is 1.24. The second-order valence-corrected chi connectivity index (χ2v) is 11.5. The largest absolute Gasteiger partial charge is 0.456 e. The minimum Gasteiger partial charge on any atom is -0.456 e. The van der Waals surface area contributed by atoms with Crippen LogP contribution in [-0.2, 0) is 47.8 Å². The molecule has 0 spiro atoms. The zero-order valence-electron chi connectivity index (χ0n) is 25.3. The molecule has 4 unspecified atom stereocenters. The number of imide groups is 2. The normalized spacial score (nSPS) is 21.6. The number of benzene rings is 3. The predicted molar refractivity (Wildman–Crippen MR) is 160 cm³/mol. The van der Waals surface area contributed by atoms with E-state index < -0.39 is 84.4 Å². The second-order valence-electron chi connectivity index (χ2n) is 11.5. The van der Waals surface area contributed by atoms with Gasteiger partial charge in [0.05, 0.1) is 23.2 Å². The first-order valence-electron chi connectivity index (χ1n) is 14.8. The van der Waals surface area contributed by atoms with Gasteiger partial charge in [0.1, 0.15) is 23.3 Å². The third-order valence-electron chi connectivity index (χ3n) is 8.70. The summed E-state index contributed by atoms with van der Waals surface area (Å²) in [4.78, 5) is 105. The first-order valence-corrected chi connectivity index (χ1v) is 14.8. The Morgan fingerprint density at radius 1 is 0.583 bits per heavy atom. The topological polar surface area (TPSA) is 180 Å². The van der Waals surface area contributed by atoms with Gasteiger partial charge in [-0.15, -0.1) is 0 Å². The molecule has 0 radical (unpaired) electrons. The number of carbonyl (C=O) groups is 8. The highest BCUT2D eigenvalue weighted by molar-refractivity contribution is 6.24. The maximum atomic E-state index is 13.8. The lowest BCUT2D eigenvalue weighted by molar-refractivity contribution is -0.146. The summed E-state index contributed by atoms with van der Waals surface area (Å²) in [5.74, 6) is -10.8. The molecule has 0 aliphatic carbocycles. The van der Waals surface area contributed by atoms with Crippen molar-refractivity contribution in [2.75, 3.05) is 23.0 Å². The molecule has 4 heterocycles. The number of esters is 4. The Kier molecular flexibility index (Phi) is 7.15. The number of anilines is 2. The molecule has 0 bridgehead atoms. The van der Waals surface area contributed by atoms with Crippen molar-refractivity contribution in [1.29, 1.82) is 0 Å². The molecule has 0 N–H and O–H groups in total. The number of hydrogen-bond donors (Lipinski definition) is 0. The number of para-hydroxylation sites is 2. The number of amides is 4. The summed E-state index contributed by atoms with van der Waals surface area (Å²) in [7, 11) is 0. The van der Waals surface area contributed by atoms with E-state index >= 15 is 0 Å². The van der Waals surface area contributed by atoms with Gasteiger partial charge in [-0.1, -0.05) is 36.4 Å². The Morgan fingerprint density at radius 2 is 0.958 bits per heavy atom. The number of fused-ring (bicyclic) bond motifs is 4. The maximum Gasteiger partial charge on any atom is 0.320 e. The van der Waals surface area contributed by atoms with Crippen LogP contribution in [0.2, 0.25) is 0 Å². The Bertz CT molecular complexity index is 1870. The van der Waals surface area contributed by atoms with Crippen molar-refractivity contribution in [1.82, 2.24) is 0 Å². The van der Waals surface area contributed by atoms with Crippen molar-refractivity contribution in [3.05, 3.63) is 82.9 Å². The van der Waals surface area contributed by atoms with Crippen LogP contribution in [0.15, 0.2) is 60.7 Å². The monoisotopic (exact) mass is 652 g/mol. The van der Waals surface area contributed by atoms with E-state index in [1.807, 2.05) is 0 Å². The van der Waals surface area contributed by atoms with Crippen LogP contribution in [0.4, 0.5) is 11.4 Å². The van der Waals surface area contributed by atoms with E-state index in [4.69, 9.17) is 18.9 Å². The smallest absolute Gasteiger partial charge is 0.320 e. The minimum atomic E-state index is -1.23. The number of rotatable bonds is 6. The van der Waals surface area contributed by atoms with Crippen LogP contribution in [0.3, 0.4) is 0 Å². The molecule has 0 fully saturated rings. The van der Waals surface area contributed by atoms with Gasteiger partial charge >= 0.3 is 23.9 Å². The molecule has 0 aromatic heterocycles. The van der Waals surface area contributed by atoms with Crippen LogP contribution in [-0.4, -0.2) is 60.7 Å². The fourth-order valence-corrected chi connectivity index (χ4v) is 6.79. The molecule has 4 atom stereocenters. The third-order valence-corrected chi connectivity index (χ3v) is 8.70. The minimum absolute atomic E-state index is 0.0311. The Hall–Kier alpha value is -6.18. The molecule has 14 heteroatoms. The lowest BCUT2D eigenvalue weighted by Gasteiger charge is -2.18. The molecular formula is C34H24N2O12.